The van der Waals surface area contributed by atoms with Crippen LogP contribution in [-0.4, -0.2) is 15.5 Å². The molecule has 0 saturated carbocycles. The SMILES string of the molecule is CCn1cc(Br)cc1C(=O)Nc1cccc2ncccc12. The summed E-state index contributed by atoms with van der Waals surface area (Å²) >= 11 is 3.41. The van der Waals surface area contributed by atoms with E-state index >= 15 is 0 Å². The van der Waals surface area contributed by atoms with Crippen LogP contribution in [0.4, 0.5) is 5.69 Å². The average Bonchev–Trinajstić information content (AvgIpc) is 2.89. The molecule has 1 amide bonds. The van der Waals surface area contributed by atoms with E-state index in [1.54, 1.807) is 6.20 Å². The van der Waals surface area contributed by atoms with Crippen molar-refractivity contribution in [3.63, 3.8) is 0 Å². The molecule has 1 aromatic carbocycles. The number of hydrogen-bond acceptors (Lipinski definition) is 2. The summed E-state index contributed by atoms with van der Waals surface area (Å²) < 4.78 is 2.80. The Bertz CT molecular complexity index is 805. The van der Waals surface area contributed by atoms with Gasteiger partial charge in [-0.05, 0) is 53.2 Å². The van der Waals surface area contributed by atoms with Gasteiger partial charge in [-0.2, -0.15) is 0 Å². The van der Waals surface area contributed by atoms with E-state index in [0.717, 1.165) is 27.6 Å². The van der Waals surface area contributed by atoms with Gasteiger partial charge in [-0.15, -0.1) is 0 Å². The van der Waals surface area contributed by atoms with Gasteiger partial charge in [-0.3, -0.25) is 9.78 Å². The molecule has 0 spiro atoms. The zero-order chi connectivity index (χ0) is 14.8. The normalized spacial score (nSPS) is 10.8. The van der Waals surface area contributed by atoms with Crippen molar-refractivity contribution < 1.29 is 4.79 Å². The van der Waals surface area contributed by atoms with Gasteiger partial charge in [-0.25, -0.2) is 0 Å². The topological polar surface area (TPSA) is 46.9 Å². The summed E-state index contributed by atoms with van der Waals surface area (Å²) in [6.07, 6.45) is 3.65. The molecule has 21 heavy (non-hydrogen) atoms. The van der Waals surface area contributed by atoms with E-state index in [9.17, 15) is 4.79 Å². The predicted molar refractivity (Wildman–Crippen MR) is 87.5 cm³/mol. The van der Waals surface area contributed by atoms with Gasteiger partial charge in [-0.1, -0.05) is 6.07 Å². The molecule has 0 saturated heterocycles. The van der Waals surface area contributed by atoms with Crippen LogP contribution in [-0.2, 0) is 6.54 Å². The van der Waals surface area contributed by atoms with Crippen LogP contribution in [0.5, 0.6) is 0 Å². The monoisotopic (exact) mass is 343 g/mol. The van der Waals surface area contributed by atoms with E-state index in [1.807, 2.05) is 54.1 Å². The number of anilines is 1. The van der Waals surface area contributed by atoms with Crippen molar-refractivity contribution in [3.8, 4) is 0 Å². The number of aryl methyl sites for hydroxylation is 1. The molecule has 0 aliphatic rings. The maximum Gasteiger partial charge on any atom is 0.272 e. The first-order valence-corrected chi connectivity index (χ1v) is 7.49. The van der Waals surface area contributed by atoms with E-state index in [4.69, 9.17) is 0 Å². The molecule has 0 radical (unpaired) electrons. The fraction of sp³-hybridized carbons (Fsp3) is 0.125. The lowest BCUT2D eigenvalue weighted by Gasteiger charge is -2.09. The highest BCUT2D eigenvalue weighted by Crippen LogP contribution is 2.23. The van der Waals surface area contributed by atoms with Gasteiger partial charge in [0.1, 0.15) is 5.69 Å². The summed E-state index contributed by atoms with van der Waals surface area (Å²) in [5.41, 5.74) is 2.26. The lowest BCUT2D eigenvalue weighted by Crippen LogP contribution is -2.16. The number of carbonyl (C=O) groups is 1. The van der Waals surface area contributed by atoms with Crippen LogP contribution in [0, 0.1) is 0 Å². The highest BCUT2D eigenvalue weighted by Gasteiger charge is 2.13. The number of rotatable bonds is 3. The predicted octanol–water partition coefficient (Wildman–Crippen LogP) is 4.07. The molecule has 0 aliphatic carbocycles. The Morgan fingerprint density at radius 1 is 1.33 bits per heavy atom. The van der Waals surface area contributed by atoms with E-state index in [2.05, 4.69) is 26.2 Å². The van der Waals surface area contributed by atoms with Gasteiger partial charge in [0, 0.05) is 28.8 Å². The van der Waals surface area contributed by atoms with E-state index in [1.165, 1.54) is 0 Å². The fourth-order valence-electron chi connectivity index (χ4n) is 2.33. The molecule has 0 aliphatic heterocycles. The van der Waals surface area contributed by atoms with E-state index < -0.39 is 0 Å². The zero-order valence-electron chi connectivity index (χ0n) is 11.5. The number of carbonyl (C=O) groups excluding carboxylic acids is 1. The number of nitrogens with zero attached hydrogens (tertiary/aromatic N) is 2. The van der Waals surface area contributed by atoms with Crippen molar-refractivity contribution in [2.24, 2.45) is 0 Å². The van der Waals surface area contributed by atoms with Gasteiger partial charge in [0.25, 0.3) is 5.91 Å². The Morgan fingerprint density at radius 2 is 2.19 bits per heavy atom. The quantitative estimate of drug-likeness (QED) is 0.779. The molecule has 3 rings (SSSR count). The number of aromatic nitrogens is 2. The summed E-state index contributed by atoms with van der Waals surface area (Å²) in [6.45, 7) is 2.75. The molecule has 5 heteroatoms. The van der Waals surface area contributed by atoms with Crippen molar-refractivity contribution in [1.29, 1.82) is 0 Å². The summed E-state index contributed by atoms with van der Waals surface area (Å²) in [4.78, 5) is 16.8. The Balaban J connectivity index is 1.96. The third-order valence-corrected chi connectivity index (χ3v) is 3.76. The number of halogens is 1. The molecule has 1 N–H and O–H groups in total. The Labute approximate surface area is 130 Å². The molecular weight excluding hydrogens is 330 g/mol. The maximum atomic E-state index is 12.5. The lowest BCUT2D eigenvalue weighted by atomic mass is 10.2. The fourth-order valence-corrected chi connectivity index (χ4v) is 2.79. The first kappa shape index (κ1) is 13.8. The molecular formula is C16H14BrN3O. The molecule has 2 aromatic heterocycles. The minimum Gasteiger partial charge on any atom is -0.343 e. The number of amides is 1. The second kappa shape index (κ2) is 5.69. The number of hydrogen-bond donors (Lipinski definition) is 1. The van der Waals surface area contributed by atoms with Crippen LogP contribution in [0.3, 0.4) is 0 Å². The Morgan fingerprint density at radius 3 is 3.00 bits per heavy atom. The van der Waals surface area contributed by atoms with Crippen LogP contribution >= 0.6 is 15.9 Å². The highest BCUT2D eigenvalue weighted by molar-refractivity contribution is 9.10. The molecule has 4 nitrogen and oxygen atoms in total. The molecule has 0 bridgehead atoms. The van der Waals surface area contributed by atoms with Crippen molar-refractivity contribution >= 4 is 38.4 Å². The smallest absolute Gasteiger partial charge is 0.272 e. The standard InChI is InChI=1S/C16H14BrN3O/c1-2-20-10-11(17)9-15(20)16(21)19-14-7-3-6-13-12(14)5-4-8-18-13/h3-10H,2H2,1H3,(H,19,21). The van der Waals surface area contributed by atoms with Gasteiger partial charge < -0.3 is 9.88 Å². The molecule has 0 fully saturated rings. The van der Waals surface area contributed by atoms with Gasteiger partial charge in [0.15, 0.2) is 0 Å². The van der Waals surface area contributed by atoms with Gasteiger partial charge >= 0.3 is 0 Å². The lowest BCUT2D eigenvalue weighted by molar-refractivity contribution is 0.101. The van der Waals surface area contributed by atoms with Crippen molar-refractivity contribution in [2.45, 2.75) is 13.5 Å². The van der Waals surface area contributed by atoms with Crippen LogP contribution in [0.2, 0.25) is 0 Å². The third-order valence-electron chi connectivity index (χ3n) is 3.33. The van der Waals surface area contributed by atoms with Crippen LogP contribution in [0.1, 0.15) is 17.4 Å². The maximum absolute atomic E-state index is 12.5. The van der Waals surface area contributed by atoms with Crippen molar-refractivity contribution in [1.82, 2.24) is 9.55 Å². The highest BCUT2D eigenvalue weighted by atomic mass is 79.9. The Hall–Kier alpha value is -2.14. The molecule has 106 valence electrons. The van der Waals surface area contributed by atoms with Gasteiger partial charge in [0.2, 0.25) is 0 Å². The molecule has 0 unspecified atom stereocenters. The summed E-state index contributed by atoms with van der Waals surface area (Å²) in [6, 6.07) is 11.3. The Kier molecular flexibility index (Phi) is 3.75. The van der Waals surface area contributed by atoms with Crippen molar-refractivity contribution in [2.75, 3.05) is 5.32 Å². The van der Waals surface area contributed by atoms with Crippen LogP contribution < -0.4 is 5.32 Å². The zero-order valence-corrected chi connectivity index (χ0v) is 13.1. The average molecular weight is 344 g/mol. The number of benzene rings is 1. The first-order chi connectivity index (χ1) is 10.2. The third kappa shape index (κ3) is 2.69. The molecule has 0 atom stereocenters. The second-order valence-corrected chi connectivity index (χ2v) is 5.58. The van der Waals surface area contributed by atoms with Crippen LogP contribution in [0.25, 0.3) is 10.9 Å². The first-order valence-electron chi connectivity index (χ1n) is 6.70. The summed E-state index contributed by atoms with van der Waals surface area (Å²) in [7, 11) is 0. The van der Waals surface area contributed by atoms with Crippen molar-refractivity contribution in [3.05, 3.63) is 59.0 Å². The minimum atomic E-state index is -0.126. The van der Waals surface area contributed by atoms with E-state index in [0.29, 0.717) is 5.69 Å². The number of fused-ring (bicyclic) bond motifs is 1. The van der Waals surface area contributed by atoms with Crippen LogP contribution in [0.15, 0.2) is 53.3 Å². The minimum absolute atomic E-state index is 0.126. The summed E-state index contributed by atoms with van der Waals surface area (Å²) in [5.74, 6) is -0.126. The summed E-state index contributed by atoms with van der Waals surface area (Å²) in [5, 5.41) is 3.90. The van der Waals surface area contributed by atoms with E-state index in [-0.39, 0.29) is 5.91 Å². The number of pyridine rings is 1. The van der Waals surface area contributed by atoms with Gasteiger partial charge in [0.05, 0.1) is 11.2 Å². The second-order valence-electron chi connectivity index (χ2n) is 4.66. The molecule has 3 aromatic rings. The number of nitrogens with one attached hydrogen (secondary N) is 1. The largest absolute Gasteiger partial charge is 0.343 e. The molecule has 2 heterocycles.